The number of hydrogen-bond acceptors (Lipinski definition) is 4. The van der Waals surface area contributed by atoms with Gasteiger partial charge in [0.05, 0.1) is 18.9 Å². The van der Waals surface area contributed by atoms with Crippen molar-refractivity contribution in [1.82, 2.24) is 14.7 Å². The van der Waals surface area contributed by atoms with Gasteiger partial charge in [-0.2, -0.15) is 5.10 Å². The molecule has 0 radical (unpaired) electrons. The minimum atomic E-state index is 0.376. The van der Waals surface area contributed by atoms with E-state index in [1.54, 1.807) is 0 Å². The molecule has 3 fully saturated rings. The number of nitrogens with zero attached hydrogens (tertiary/aromatic N) is 3. The highest BCUT2D eigenvalue weighted by atomic mass is 16.5. The number of hydrogen-bond donors (Lipinski definition) is 0. The summed E-state index contributed by atoms with van der Waals surface area (Å²) in [7, 11) is 1.99. The van der Waals surface area contributed by atoms with E-state index in [2.05, 4.69) is 16.2 Å². The van der Waals surface area contributed by atoms with Gasteiger partial charge < -0.3 is 9.47 Å². The number of likely N-dealkylation sites (tertiary alicyclic amines) is 1. The fraction of sp³-hybridized carbons (Fsp3) is 0.824. The second-order valence-corrected chi connectivity index (χ2v) is 7.15. The Balaban J connectivity index is 1.45. The Kier molecular flexibility index (Phi) is 4.20. The van der Waals surface area contributed by atoms with Crippen molar-refractivity contribution < 1.29 is 9.47 Å². The van der Waals surface area contributed by atoms with E-state index in [4.69, 9.17) is 9.47 Å². The molecule has 5 nitrogen and oxygen atoms in total. The Morgan fingerprint density at radius 1 is 1.32 bits per heavy atom. The minimum absolute atomic E-state index is 0.376. The van der Waals surface area contributed by atoms with Crippen LogP contribution < -0.4 is 0 Å². The third-order valence-corrected chi connectivity index (χ3v) is 5.35. The molecule has 0 aromatic carbocycles. The molecule has 0 spiro atoms. The number of ether oxygens (including phenoxy) is 2. The van der Waals surface area contributed by atoms with Crippen LogP contribution in [0.25, 0.3) is 0 Å². The van der Waals surface area contributed by atoms with Crippen LogP contribution in [0.1, 0.15) is 31.2 Å². The Morgan fingerprint density at radius 3 is 2.91 bits per heavy atom. The monoisotopic (exact) mass is 305 g/mol. The van der Waals surface area contributed by atoms with Gasteiger partial charge in [0.2, 0.25) is 0 Å². The Morgan fingerprint density at radius 2 is 2.23 bits per heavy atom. The average Bonchev–Trinajstić information content (AvgIpc) is 2.92. The van der Waals surface area contributed by atoms with Crippen LogP contribution in [0.2, 0.25) is 0 Å². The normalized spacial score (nSPS) is 32.9. The van der Waals surface area contributed by atoms with Gasteiger partial charge in [-0.05, 0) is 43.6 Å². The third kappa shape index (κ3) is 3.21. The van der Waals surface area contributed by atoms with Gasteiger partial charge in [-0.15, -0.1) is 0 Å². The first kappa shape index (κ1) is 14.7. The molecule has 0 N–H and O–H groups in total. The van der Waals surface area contributed by atoms with Crippen molar-refractivity contribution in [2.45, 2.75) is 50.3 Å². The minimum Gasteiger partial charge on any atom is -0.380 e. The molecule has 1 unspecified atom stereocenters. The summed E-state index contributed by atoms with van der Waals surface area (Å²) in [6.07, 6.45) is 10.6. The first-order chi connectivity index (χ1) is 10.8. The molecule has 1 aromatic rings. The second-order valence-electron chi connectivity index (χ2n) is 7.15. The molecule has 0 bridgehead atoms. The van der Waals surface area contributed by atoms with Crippen LogP contribution in [0, 0.1) is 5.92 Å². The zero-order chi connectivity index (χ0) is 14.9. The van der Waals surface area contributed by atoms with Gasteiger partial charge in [-0.1, -0.05) is 0 Å². The van der Waals surface area contributed by atoms with Crippen molar-refractivity contribution in [3.05, 3.63) is 18.0 Å². The standard InChI is InChI=1S/C17H27N3O2/c1-19-10-14(9-18-19)8-16-17(22-11-13-2-3-13)4-6-20(16)15-5-7-21-12-15/h9-10,13,15-17H,2-8,11-12H2,1H3/t15?,16-,17+/m1/s1. The summed E-state index contributed by atoms with van der Waals surface area (Å²) in [6, 6.07) is 1.06. The van der Waals surface area contributed by atoms with E-state index < -0.39 is 0 Å². The maximum atomic E-state index is 6.30. The summed E-state index contributed by atoms with van der Waals surface area (Å²) < 4.78 is 13.8. The highest BCUT2D eigenvalue weighted by Crippen LogP contribution is 2.33. The van der Waals surface area contributed by atoms with Crippen molar-refractivity contribution in [1.29, 1.82) is 0 Å². The Hall–Kier alpha value is -0.910. The van der Waals surface area contributed by atoms with E-state index in [-0.39, 0.29) is 0 Å². The summed E-state index contributed by atoms with van der Waals surface area (Å²) in [5.74, 6) is 0.836. The SMILES string of the molecule is Cn1cc(C[C@@H]2[C@@H](OCC3CC3)CCN2C2CCOC2)cn1. The molecule has 0 amide bonds. The van der Waals surface area contributed by atoms with Crippen molar-refractivity contribution >= 4 is 0 Å². The molecule has 1 saturated carbocycles. The predicted octanol–water partition coefficient (Wildman–Crippen LogP) is 1.62. The molecule has 22 heavy (non-hydrogen) atoms. The summed E-state index contributed by atoms with van der Waals surface area (Å²) in [5.41, 5.74) is 1.32. The molecule has 3 heterocycles. The molecule has 1 aromatic heterocycles. The van der Waals surface area contributed by atoms with Gasteiger partial charge in [-0.25, -0.2) is 0 Å². The van der Waals surface area contributed by atoms with E-state index in [0.717, 1.165) is 45.1 Å². The molecular weight excluding hydrogens is 278 g/mol. The maximum Gasteiger partial charge on any atom is 0.0745 e. The largest absolute Gasteiger partial charge is 0.380 e. The van der Waals surface area contributed by atoms with E-state index in [0.29, 0.717) is 18.2 Å². The molecule has 4 rings (SSSR count). The molecule has 122 valence electrons. The quantitative estimate of drug-likeness (QED) is 0.801. The lowest BCUT2D eigenvalue weighted by Crippen LogP contribution is -2.44. The van der Waals surface area contributed by atoms with Crippen LogP contribution >= 0.6 is 0 Å². The van der Waals surface area contributed by atoms with Crippen LogP contribution in [-0.2, 0) is 22.9 Å². The lowest BCUT2D eigenvalue weighted by atomic mass is 10.0. The van der Waals surface area contributed by atoms with E-state index in [1.165, 1.54) is 24.8 Å². The Bertz CT molecular complexity index is 494. The molecule has 5 heteroatoms. The number of aromatic nitrogens is 2. The summed E-state index contributed by atoms with van der Waals surface area (Å²) in [5, 5.41) is 4.32. The van der Waals surface area contributed by atoms with E-state index in [9.17, 15) is 0 Å². The van der Waals surface area contributed by atoms with Gasteiger partial charge in [0.1, 0.15) is 0 Å². The third-order valence-electron chi connectivity index (χ3n) is 5.35. The lowest BCUT2D eigenvalue weighted by molar-refractivity contribution is 0.0122. The zero-order valence-corrected chi connectivity index (χ0v) is 13.5. The van der Waals surface area contributed by atoms with Crippen molar-refractivity contribution in [2.75, 3.05) is 26.4 Å². The molecule has 3 aliphatic rings. The van der Waals surface area contributed by atoms with Crippen LogP contribution in [0.4, 0.5) is 0 Å². The Labute approximate surface area is 132 Å². The second kappa shape index (κ2) is 6.30. The number of aryl methyl sites for hydroxylation is 1. The van der Waals surface area contributed by atoms with Crippen molar-refractivity contribution in [3.63, 3.8) is 0 Å². The van der Waals surface area contributed by atoms with Gasteiger partial charge >= 0.3 is 0 Å². The summed E-state index contributed by atoms with van der Waals surface area (Å²) in [4.78, 5) is 2.65. The van der Waals surface area contributed by atoms with Crippen LogP contribution in [-0.4, -0.2) is 59.2 Å². The molecular formula is C17H27N3O2. The lowest BCUT2D eigenvalue weighted by Gasteiger charge is -2.32. The smallest absolute Gasteiger partial charge is 0.0745 e. The molecule has 2 saturated heterocycles. The highest BCUT2D eigenvalue weighted by molar-refractivity contribution is 5.09. The van der Waals surface area contributed by atoms with Gasteiger partial charge in [0, 0.05) is 45.1 Å². The maximum absolute atomic E-state index is 6.30. The topological polar surface area (TPSA) is 39.5 Å². The first-order valence-corrected chi connectivity index (χ1v) is 8.72. The molecule has 3 atom stereocenters. The van der Waals surface area contributed by atoms with Crippen LogP contribution in [0.15, 0.2) is 12.4 Å². The van der Waals surface area contributed by atoms with Crippen molar-refractivity contribution in [2.24, 2.45) is 13.0 Å². The van der Waals surface area contributed by atoms with Gasteiger partial charge in [0.15, 0.2) is 0 Å². The highest BCUT2D eigenvalue weighted by Gasteiger charge is 2.40. The van der Waals surface area contributed by atoms with Crippen LogP contribution in [0.3, 0.4) is 0 Å². The number of rotatable bonds is 6. The fourth-order valence-corrected chi connectivity index (χ4v) is 3.89. The first-order valence-electron chi connectivity index (χ1n) is 8.72. The fourth-order valence-electron chi connectivity index (χ4n) is 3.89. The van der Waals surface area contributed by atoms with Gasteiger partial charge in [0.25, 0.3) is 0 Å². The zero-order valence-electron chi connectivity index (χ0n) is 13.5. The molecule has 1 aliphatic carbocycles. The van der Waals surface area contributed by atoms with E-state index in [1.807, 2.05) is 17.9 Å². The van der Waals surface area contributed by atoms with Gasteiger partial charge in [-0.3, -0.25) is 9.58 Å². The predicted molar refractivity (Wildman–Crippen MR) is 83.7 cm³/mol. The average molecular weight is 305 g/mol. The molecule has 2 aliphatic heterocycles. The van der Waals surface area contributed by atoms with Crippen molar-refractivity contribution in [3.8, 4) is 0 Å². The van der Waals surface area contributed by atoms with Crippen LogP contribution in [0.5, 0.6) is 0 Å². The summed E-state index contributed by atoms with van der Waals surface area (Å²) >= 11 is 0. The van der Waals surface area contributed by atoms with E-state index >= 15 is 0 Å². The summed E-state index contributed by atoms with van der Waals surface area (Å²) in [6.45, 7) is 3.91.